The molecule has 1 rings (SSSR count). The van der Waals surface area contributed by atoms with Crippen LogP contribution in [0.15, 0.2) is 18.2 Å². The minimum Gasteiger partial charge on any atom is -0.384 e. The largest absolute Gasteiger partial charge is 0.384 e. The van der Waals surface area contributed by atoms with Gasteiger partial charge < -0.3 is 5.73 Å². The van der Waals surface area contributed by atoms with E-state index in [9.17, 15) is 4.39 Å². The number of hydrogen-bond donors (Lipinski definition) is 2. The van der Waals surface area contributed by atoms with Crippen LogP contribution in [0.3, 0.4) is 0 Å². The fourth-order valence-electron chi connectivity index (χ4n) is 1.76. The fraction of sp³-hybridized carbons (Fsp3) is 0.500. The van der Waals surface area contributed by atoms with Gasteiger partial charge in [-0.1, -0.05) is 26.0 Å². The maximum Gasteiger partial charge on any atom is 0.128 e. The lowest BCUT2D eigenvalue weighted by Crippen LogP contribution is -2.33. The molecular weight excluding hydrogens is 229 g/mol. The smallest absolute Gasteiger partial charge is 0.128 e. The maximum atomic E-state index is 13.9. The second-order valence-electron chi connectivity index (χ2n) is 5.12. The van der Waals surface area contributed by atoms with Gasteiger partial charge in [0.15, 0.2) is 0 Å². The zero-order chi connectivity index (χ0) is 13.9. The number of nitrogens with one attached hydrogen (secondary N) is 1. The minimum atomic E-state index is -0.300. The Morgan fingerprint density at radius 3 is 2.44 bits per heavy atom. The monoisotopic (exact) mass is 251 g/mol. The van der Waals surface area contributed by atoms with E-state index in [0.717, 1.165) is 0 Å². The second-order valence-corrected chi connectivity index (χ2v) is 5.12. The molecule has 1 atom stereocenters. The predicted octanol–water partition coefficient (Wildman–Crippen LogP) is 2.59. The Kier molecular flexibility index (Phi) is 4.84. The van der Waals surface area contributed by atoms with Gasteiger partial charge in [0, 0.05) is 23.7 Å². The Hall–Kier alpha value is -1.42. The molecule has 18 heavy (non-hydrogen) atoms. The SMILES string of the molecule is CC(C)C(C)N(C)Cc1ccc(C(=N)N)cc1F. The van der Waals surface area contributed by atoms with Gasteiger partial charge in [-0.25, -0.2) is 4.39 Å². The van der Waals surface area contributed by atoms with Gasteiger partial charge in [-0.3, -0.25) is 10.3 Å². The molecule has 1 aromatic rings. The summed E-state index contributed by atoms with van der Waals surface area (Å²) in [7, 11) is 1.99. The lowest BCUT2D eigenvalue weighted by molar-refractivity contribution is 0.198. The Morgan fingerprint density at radius 1 is 1.39 bits per heavy atom. The number of benzene rings is 1. The molecule has 0 saturated heterocycles. The molecule has 3 N–H and O–H groups in total. The van der Waals surface area contributed by atoms with Gasteiger partial charge in [0.2, 0.25) is 0 Å². The van der Waals surface area contributed by atoms with Crippen LogP contribution in [0.1, 0.15) is 31.9 Å². The van der Waals surface area contributed by atoms with Gasteiger partial charge in [0.05, 0.1) is 0 Å². The van der Waals surface area contributed by atoms with E-state index in [4.69, 9.17) is 11.1 Å². The third kappa shape index (κ3) is 3.53. The van der Waals surface area contributed by atoms with Gasteiger partial charge in [0.25, 0.3) is 0 Å². The van der Waals surface area contributed by atoms with Crippen LogP contribution >= 0.6 is 0 Å². The zero-order valence-electron chi connectivity index (χ0n) is 11.5. The molecule has 0 bridgehead atoms. The van der Waals surface area contributed by atoms with Crippen molar-refractivity contribution in [2.45, 2.75) is 33.4 Å². The molecule has 0 aliphatic heterocycles. The number of amidine groups is 1. The molecule has 0 saturated carbocycles. The summed E-state index contributed by atoms with van der Waals surface area (Å²) in [6.07, 6.45) is 0. The van der Waals surface area contributed by atoms with Gasteiger partial charge >= 0.3 is 0 Å². The van der Waals surface area contributed by atoms with Crippen molar-refractivity contribution in [3.63, 3.8) is 0 Å². The fourth-order valence-corrected chi connectivity index (χ4v) is 1.76. The average Bonchev–Trinajstić information content (AvgIpc) is 2.30. The van der Waals surface area contributed by atoms with Crippen LogP contribution < -0.4 is 5.73 Å². The summed E-state index contributed by atoms with van der Waals surface area (Å²) in [5.41, 5.74) is 6.39. The van der Waals surface area contributed by atoms with Crippen molar-refractivity contribution in [1.82, 2.24) is 4.90 Å². The molecule has 0 aliphatic rings. The summed E-state index contributed by atoms with van der Waals surface area (Å²) in [6.45, 7) is 6.99. The first kappa shape index (κ1) is 14.6. The summed E-state index contributed by atoms with van der Waals surface area (Å²) in [5, 5.41) is 7.27. The molecule has 3 nitrogen and oxygen atoms in total. The lowest BCUT2D eigenvalue weighted by atomic mass is 10.0. The highest BCUT2D eigenvalue weighted by Gasteiger charge is 2.15. The van der Waals surface area contributed by atoms with Crippen molar-refractivity contribution in [3.05, 3.63) is 35.1 Å². The van der Waals surface area contributed by atoms with E-state index in [1.54, 1.807) is 12.1 Å². The standard InChI is InChI=1S/C14H22FN3/c1-9(2)10(3)18(4)8-12-6-5-11(14(16)17)7-13(12)15/h5-7,9-10H,8H2,1-4H3,(H3,16,17). The van der Waals surface area contributed by atoms with Crippen molar-refractivity contribution >= 4 is 5.84 Å². The maximum absolute atomic E-state index is 13.9. The zero-order valence-corrected chi connectivity index (χ0v) is 11.5. The first-order valence-corrected chi connectivity index (χ1v) is 6.16. The lowest BCUT2D eigenvalue weighted by Gasteiger charge is -2.28. The number of nitrogens with two attached hydrogens (primary N) is 1. The van der Waals surface area contributed by atoms with Gasteiger partial charge in [0.1, 0.15) is 11.7 Å². The molecule has 1 unspecified atom stereocenters. The van der Waals surface area contributed by atoms with E-state index >= 15 is 0 Å². The van der Waals surface area contributed by atoms with E-state index < -0.39 is 0 Å². The number of hydrogen-bond acceptors (Lipinski definition) is 2. The molecule has 100 valence electrons. The van der Waals surface area contributed by atoms with Crippen LogP contribution in [0.2, 0.25) is 0 Å². The molecule has 0 radical (unpaired) electrons. The number of halogens is 1. The molecule has 0 spiro atoms. The Morgan fingerprint density at radius 2 is 2.00 bits per heavy atom. The van der Waals surface area contributed by atoms with Crippen molar-refractivity contribution in [1.29, 1.82) is 5.41 Å². The molecule has 0 heterocycles. The summed E-state index contributed by atoms with van der Waals surface area (Å²) >= 11 is 0. The highest BCUT2D eigenvalue weighted by molar-refractivity contribution is 5.94. The molecule has 0 fully saturated rings. The second kappa shape index (κ2) is 5.96. The first-order chi connectivity index (χ1) is 8.32. The minimum absolute atomic E-state index is 0.107. The van der Waals surface area contributed by atoms with Crippen LogP contribution in [-0.4, -0.2) is 23.8 Å². The van der Waals surface area contributed by atoms with Crippen molar-refractivity contribution in [3.8, 4) is 0 Å². The van der Waals surface area contributed by atoms with E-state index in [1.807, 2.05) is 7.05 Å². The molecule has 1 aromatic carbocycles. The van der Waals surface area contributed by atoms with Gasteiger partial charge in [-0.05, 0) is 26.0 Å². The Bertz CT molecular complexity index is 429. The van der Waals surface area contributed by atoms with E-state index in [0.29, 0.717) is 29.6 Å². The molecule has 0 aromatic heterocycles. The third-order valence-corrected chi connectivity index (χ3v) is 3.44. The molecule has 0 aliphatic carbocycles. The molecular formula is C14H22FN3. The quantitative estimate of drug-likeness (QED) is 0.624. The van der Waals surface area contributed by atoms with Gasteiger partial charge in [-0.15, -0.1) is 0 Å². The third-order valence-electron chi connectivity index (χ3n) is 3.44. The first-order valence-electron chi connectivity index (χ1n) is 6.16. The number of nitrogens with zero attached hydrogens (tertiary/aromatic N) is 1. The van der Waals surface area contributed by atoms with Crippen molar-refractivity contribution < 1.29 is 4.39 Å². The Balaban J connectivity index is 2.83. The van der Waals surface area contributed by atoms with E-state index in [1.165, 1.54) is 6.07 Å². The van der Waals surface area contributed by atoms with E-state index in [-0.39, 0.29) is 11.7 Å². The average molecular weight is 251 g/mol. The van der Waals surface area contributed by atoms with Gasteiger partial charge in [-0.2, -0.15) is 0 Å². The Labute approximate surface area is 108 Å². The number of nitrogen functional groups attached to an aromatic ring is 1. The summed E-state index contributed by atoms with van der Waals surface area (Å²) < 4.78 is 13.9. The highest BCUT2D eigenvalue weighted by atomic mass is 19.1. The predicted molar refractivity (Wildman–Crippen MR) is 73.2 cm³/mol. The topological polar surface area (TPSA) is 53.1 Å². The summed E-state index contributed by atoms with van der Waals surface area (Å²) in [6, 6.07) is 5.10. The van der Waals surface area contributed by atoms with E-state index in [2.05, 4.69) is 25.7 Å². The van der Waals surface area contributed by atoms with Crippen LogP contribution in [0.5, 0.6) is 0 Å². The summed E-state index contributed by atoms with van der Waals surface area (Å²) in [5.74, 6) is 0.115. The van der Waals surface area contributed by atoms with Crippen LogP contribution in [0, 0.1) is 17.1 Å². The van der Waals surface area contributed by atoms with Crippen molar-refractivity contribution in [2.75, 3.05) is 7.05 Å². The number of rotatable bonds is 5. The van der Waals surface area contributed by atoms with Crippen LogP contribution in [0.4, 0.5) is 4.39 Å². The van der Waals surface area contributed by atoms with Crippen molar-refractivity contribution in [2.24, 2.45) is 11.7 Å². The summed E-state index contributed by atoms with van der Waals surface area (Å²) in [4.78, 5) is 2.12. The van der Waals surface area contributed by atoms with Crippen LogP contribution in [0.25, 0.3) is 0 Å². The highest BCUT2D eigenvalue weighted by Crippen LogP contribution is 2.16. The normalized spacial score (nSPS) is 13.1. The van der Waals surface area contributed by atoms with Crippen LogP contribution in [-0.2, 0) is 6.54 Å². The molecule has 0 amide bonds. The molecule has 4 heteroatoms.